The molecule has 0 aromatic carbocycles. The molecule has 0 unspecified atom stereocenters. The van der Waals surface area contributed by atoms with Crippen molar-refractivity contribution in [3.05, 3.63) is 23.7 Å². The Hall–Kier alpha value is -0.312. The molecule has 0 aliphatic rings. The van der Waals surface area contributed by atoms with Gasteiger partial charge in [-0.3, -0.25) is 9.59 Å². The van der Waals surface area contributed by atoms with Crippen molar-refractivity contribution in [2.24, 2.45) is 0 Å². The third kappa shape index (κ3) is 49.7. The third-order valence-corrected chi connectivity index (χ3v) is 0.813. The van der Waals surface area contributed by atoms with Gasteiger partial charge in [0.1, 0.15) is 0 Å². The average molecular weight is 464 g/mol. The SMILES string of the molecule is CC(=O)/C=C(/C)[O-].CC(=O)/C=C(/C)[O-].[Cl-].[Cl-].[Pt+4]. The molecule has 0 rings (SSSR count). The first-order chi connectivity index (χ1) is 6.25. The van der Waals surface area contributed by atoms with E-state index in [0.29, 0.717) is 0 Å². The summed E-state index contributed by atoms with van der Waals surface area (Å²) in [6, 6.07) is 0. The Kier molecular flexibility index (Phi) is 31.9. The summed E-state index contributed by atoms with van der Waals surface area (Å²) in [6.45, 7) is 5.39. The topological polar surface area (TPSA) is 80.3 Å². The van der Waals surface area contributed by atoms with Gasteiger partial charge < -0.3 is 35.0 Å². The summed E-state index contributed by atoms with van der Waals surface area (Å²) in [5, 5.41) is 20.0. The molecule has 0 spiro atoms. The zero-order chi connectivity index (χ0) is 11.7. The molecule has 0 radical (unpaired) electrons. The van der Waals surface area contributed by atoms with Crippen LogP contribution in [0, 0.1) is 0 Å². The van der Waals surface area contributed by atoms with E-state index in [4.69, 9.17) is 0 Å². The number of hydrogen-bond acceptors (Lipinski definition) is 4. The van der Waals surface area contributed by atoms with Gasteiger partial charge in [-0.25, -0.2) is 0 Å². The molecule has 0 aliphatic heterocycles. The van der Waals surface area contributed by atoms with Crippen molar-refractivity contribution in [2.75, 3.05) is 0 Å². The van der Waals surface area contributed by atoms with Gasteiger partial charge in [0.05, 0.1) is 0 Å². The summed E-state index contributed by atoms with van der Waals surface area (Å²) in [6.07, 6.45) is 2.11. The Morgan fingerprint density at radius 2 is 0.941 bits per heavy atom. The fourth-order valence-corrected chi connectivity index (χ4v) is 0.572. The Balaban J connectivity index is -0.0000000480. The van der Waals surface area contributed by atoms with Crippen LogP contribution in [0.5, 0.6) is 0 Å². The number of rotatable bonds is 2. The number of allylic oxidation sites excluding steroid dienone is 4. The second kappa shape index (κ2) is 18.1. The number of carbonyl (C=O) groups is 2. The molecule has 0 saturated heterocycles. The molecule has 0 aromatic rings. The predicted molar refractivity (Wildman–Crippen MR) is 48.9 cm³/mol. The Bertz CT molecular complexity index is 239. The van der Waals surface area contributed by atoms with Crippen molar-refractivity contribution in [3.63, 3.8) is 0 Å². The first kappa shape index (κ1) is 30.1. The molecule has 0 atom stereocenters. The van der Waals surface area contributed by atoms with E-state index >= 15 is 0 Å². The van der Waals surface area contributed by atoms with Gasteiger partial charge in [-0.15, -0.1) is 11.5 Å². The molecule has 0 aliphatic carbocycles. The number of carbonyl (C=O) groups excluding carboxylic acids is 2. The van der Waals surface area contributed by atoms with E-state index in [-0.39, 0.29) is 69.0 Å². The van der Waals surface area contributed by atoms with Crippen molar-refractivity contribution in [1.82, 2.24) is 0 Å². The molecular weight excluding hydrogens is 450 g/mol. The summed E-state index contributed by atoms with van der Waals surface area (Å²) in [7, 11) is 0. The van der Waals surface area contributed by atoms with Crippen molar-refractivity contribution >= 4 is 11.6 Å². The van der Waals surface area contributed by atoms with Crippen molar-refractivity contribution < 1.29 is 65.7 Å². The second-order valence-electron chi connectivity index (χ2n) is 2.73. The van der Waals surface area contributed by atoms with Crippen molar-refractivity contribution in [2.45, 2.75) is 27.7 Å². The zero-order valence-electron chi connectivity index (χ0n) is 9.86. The first-order valence-electron chi connectivity index (χ1n) is 3.97. The summed E-state index contributed by atoms with van der Waals surface area (Å²) >= 11 is 0. The average Bonchev–Trinajstić information content (AvgIpc) is 1.79. The van der Waals surface area contributed by atoms with Crippen LogP contribution in [0.2, 0.25) is 0 Å². The Morgan fingerprint density at radius 1 is 0.765 bits per heavy atom. The molecule has 17 heavy (non-hydrogen) atoms. The third-order valence-electron chi connectivity index (χ3n) is 0.813. The molecule has 0 saturated carbocycles. The van der Waals surface area contributed by atoms with E-state index in [2.05, 4.69) is 0 Å². The van der Waals surface area contributed by atoms with E-state index in [1.165, 1.54) is 27.7 Å². The van der Waals surface area contributed by atoms with Gasteiger partial charge in [0.2, 0.25) is 0 Å². The first-order valence-corrected chi connectivity index (χ1v) is 3.97. The number of ketones is 2. The molecular formula is C10H14Cl2O4Pt. The summed E-state index contributed by atoms with van der Waals surface area (Å²) in [5.74, 6) is -0.750. The number of halogens is 2. The molecule has 0 aromatic heterocycles. The van der Waals surface area contributed by atoms with Crippen LogP contribution in [0.25, 0.3) is 0 Å². The van der Waals surface area contributed by atoms with Crippen LogP contribution in [-0.2, 0) is 30.7 Å². The van der Waals surface area contributed by atoms with Gasteiger partial charge in [-0.2, -0.15) is 0 Å². The summed E-state index contributed by atoms with van der Waals surface area (Å²) in [5.41, 5.74) is 0. The van der Waals surface area contributed by atoms with Gasteiger partial charge in [0, 0.05) is 0 Å². The number of hydrogen-bond donors (Lipinski definition) is 0. The van der Waals surface area contributed by atoms with Crippen molar-refractivity contribution in [1.29, 1.82) is 0 Å². The zero-order valence-corrected chi connectivity index (χ0v) is 13.6. The molecule has 0 amide bonds. The van der Waals surface area contributed by atoms with Gasteiger partial charge in [-0.1, -0.05) is 13.8 Å². The predicted octanol–water partition coefficient (Wildman–Crippen LogP) is -6.32. The molecule has 4 nitrogen and oxygen atoms in total. The van der Waals surface area contributed by atoms with Crippen LogP contribution in [0.15, 0.2) is 23.7 Å². The normalized spacial score (nSPS) is 9.41. The van der Waals surface area contributed by atoms with Crippen LogP contribution in [0.4, 0.5) is 0 Å². The summed E-state index contributed by atoms with van der Waals surface area (Å²) in [4.78, 5) is 20.0. The second-order valence-corrected chi connectivity index (χ2v) is 2.73. The molecule has 0 N–H and O–H groups in total. The Morgan fingerprint density at radius 3 is 0.941 bits per heavy atom. The van der Waals surface area contributed by atoms with Gasteiger partial charge in [0.25, 0.3) is 0 Å². The van der Waals surface area contributed by atoms with E-state index in [1.807, 2.05) is 0 Å². The van der Waals surface area contributed by atoms with Gasteiger partial charge in [-0.05, 0) is 26.0 Å². The monoisotopic (exact) mass is 463 g/mol. The van der Waals surface area contributed by atoms with Crippen molar-refractivity contribution in [3.8, 4) is 0 Å². The molecule has 102 valence electrons. The maximum absolute atomic E-state index is 9.98. The fourth-order valence-electron chi connectivity index (χ4n) is 0.572. The molecule has 0 fully saturated rings. The fraction of sp³-hybridized carbons (Fsp3) is 0.400. The van der Waals surface area contributed by atoms with Gasteiger partial charge >= 0.3 is 21.1 Å². The maximum atomic E-state index is 9.98. The quantitative estimate of drug-likeness (QED) is 0.301. The standard InChI is InChI=1S/2C5H8O2.2ClH.Pt/c2*1-4(6)3-5(2)7;;;/h2*3,6H,1-2H3;2*1H;/q;;;;+4/p-4/b2*4-3-;;;. The Labute approximate surface area is 128 Å². The van der Waals surface area contributed by atoms with E-state index < -0.39 is 0 Å². The minimum atomic E-state index is -0.187. The van der Waals surface area contributed by atoms with E-state index in [9.17, 15) is 19.8 Å². The molecule has 0 heterocycles. The van der Waals surface area contributed by atoms with E-state index in [1.54, 1.807) is 0 Å². The smallest absolute Gasteiger partial charge is 1.00 e. The minimum Gasteiger partial charge on any atom is -1.00 e. The largest absolute Gasteiger partial charge is 4.00 e. The molecule has 0 bridgehead atoms. The molecule has 7 heteroatoms. The summed E-state index contributed by atoms with van der Waals surface area (Å²) < 4.78 is 0. The van der Waals surface area contributed by atoms with Crippen LogP contribution in [0.3, 0.4) is 0 Å². The van der Waals surface area contributed by atoms with Crippen LogP contribution in [-0.4, -0.2) is 11.6 Å². The maximum Gasteiger partial charge on any atom is 4.00 e. The van der Waals surface area contributed by atoms with Crippen LogP contribution in [0.1, 0.15) is 27.7 Å². The van der Waals surface area contributed by atoms with Gasteiger partial charge in [0.15, 0.2) is 11.6 Å². The van der Waals surface area contributed by atoms with Crippen LogP contribution >= 0.6 is 0 Å². The van der Waals surface area contributed by atoms with E-state index in [0.717, 1.165) is 12.2 Å². The minimum absolute atomic E-state index is 0. The van der Waals surface area contributed by atoms with Crippen LogP contribution < -0.4 is 35.0 Å².